The fourth-order valence-corrected chi connectivity index (χ4v) is 2.43. The zero-order chi connectivity index (χ0) is 14.0. The van der Waals surface area contributed by atoms with Gasteiger partial charge >= 0.3 is 0 Å². The van der Waals surface area contributed by atoms with Gasteiger partial charge in [-0.25, -0.2) is 9.97 Å². The summed E-state index contributed by atoms with van der Waals surface area (Å²) in [5.41, 5.74) is 7.94. The first-order chi connectivity index (χ1) is 8.99. The molecule has 1 amide bonds. The quantitative estimate of drug-likeness (QED) is 0.902. The van der Waals surface area contributed by atoms with Gasteiger partial charge < -0.3 is 5.73 Å². The van der Waals surface area contributed by atoms with Crippen LogP contribution < -0.4 is 11.1 Å². The van der Waals surface area contributed by atoms with Crippen LogP contribution in [0.5, 0.6) is 0 Å². The molecule has 0 fully saturated rings. The monoisotopic (exact) mass is 276 g/mol. The Bertz CT molecular complexity index is 602. The molecule has 0 unspecified atom stereocenters. The fourth-order valence-electron chi connectivity index (χ4n) is 1.62. The summed E-state index contributed by atoms with van der Waals surface area (Å²) in [6.45, 7) is 5.86. The Morgan fingerprint density at radius 2 is 2.11 bits per heavy atom. The van der Waals surface area contributed by atoms with Gasteiger partial charge in [0.25, 0.3) is 5.91 Å². The molecule has 0 aliphatic carbocycles. The van der Waals surface area contributed by atoms with Crippen LogP contribution in [0.2, 0.25) is 0 Å². The molecule has 0 radical (unpaired) electrons. The largest absolute Gasteiger partial charge is 0.384 e. The summed E-state index contributed by atoms with van der Waals surface area (Å²) < 4.78 is 0. The number of hydrogen-bond acceptors (Lipinski definition) is 5. The fraction of sp³-hybridized carbons (Fsp3) is 0.308. The van der Waals surface area contributed by atoms with Gasteiger partial charge in [0.15, 0.2) is 5.13 Å². The van der Waals surface area contributed by atoms with Crippen molar-refractivity contribution in [3.05, 3.63) is 34.0 Å². The van der Waals surface area contributed by atoms with Crippen LogP contribution in [0.3, 0.4) is 0 Å². The number of nitrogen functional groups attached to an aromatic ring is 1. The first-order valence-corrected chi connectivity index (χ1v) is 6.83. The number of aryl methyl sites for hydroxylation is 3. The number of nitrogens with zero attached hydrogens (tertiary/aromatic N) is 2. The Morgan fingerprint density at radius 3 is 2.68 bits per heavy atom. The predicted molar refractivity (Wildman–Crippen MR) is 77.6 cm³/mol. The van der Waals surface area contributed by atoms with Gasteiger partial charge in [-0.05, 0) is 32.4 Å². The Kier molecular flexibility index (Phi) is 3.80. The molecule has 5 nitrogen and oxygen atoms in total. The zero-order valence-electron chi connectivity index (χ0n) is 11.2. The van der Waals surface area contributed by atoms with Crippen LogP contribution >= 0.6 is 11.3 Å². The van der Waals surface area contributed by atoms with Crippen molar-refractivity contribution in [2.75, 3.05) is 11.1 Å². The molecule has 0 saturated carbocycles. The van der Waals surface area contributed by atoms with Crippen molar-refractivity contribution >= 4 is 28.2 Å². The SMILES string of the molecule is CCc1cc(C(=O)Nc2nc(C)c(C)s2)cc(N)n1. The summed E-state index contributed by atoms with van der Waals surface area (Å²) in [4.78, 5) is 21.6. The molecule has 6 heteroatoms. The average molecular weight is 276 g/mol. The first kappa shape index (κ1) is 13.5. The van der Waals surface area contributed by atoms with Crippen LogP contribution in [0, 0.1) is 13.8 Å². The number of hydrogen-bond donors (Lipinski definition) is 2. The number of thiazole rings is 1. The summed E-state index contributed by atoms with van der Waals surface area (Å²) in [7, 11) is 0. The van der Waals surface area contributed by atoms with Gasteiger partial charge in [0.1, 0.15) is 5.82 Å². The van der Waals surface area contributed by atoms with Gasteiger partial charge in [-0.15, -0.1) is 11.3 Å². The number of nitrogens with one attached hydrogen (secondary N) is 1. The van der Waals surface area contributed by atoms with Crippen molar-refractivity contribution in [2.24, 2.45) is 0 Å². The molecule has 2 aromatic heterocycles. The van der Waals surface area contributed by atoms with E-state index in [1.807, 2.05) is 20.8 Å². The van der Waals surface area contributed by atoms with Crippen LogP contribution in [0.4, 0.5) is 10.9 Å². The Hall–Kier alpha value is -1.95. The maximum absolute atomic E-state index is 12.1. The molecule has 2 heterocycles. The molecule has 0 aliphatic rings. The molecule has 0 aromatic carbocycles. The Balaban J connectivity index is 2.22. The molecule has 3 N–H and O–H groups in total. The maximum Gasteiger partial charge on any atom is 0.257 e. The molecule has 19 heavy (non-hydrogen) atoms. The van der Waals surface area contributed by atoms with Crippen molar-refractivity contribution in [3.63, 3.8) is 0 Å². The second-order valence-electron chi connectivity index (χ2n) is 4.24. The molecular formula is C13H16N4OS. The average Bonchev–Trinajstić information content (AvgIpc) is 2.67. The number of rotatable bonds is 3. The summed E-state index contributed by atoms with van der Waals surface area (Å²) >= 11 is 1.46. The minimum Gasteiger partial charge on any atom is -0.384 e. The number of anilines is 2. The summed E-state index contributed by atoms with van der Waals surface area (Å²) in [5, 5.41) is 3.39. The zero-order valence-corrected chi connectivity index (χ0v) is 12.0. The molecule has 2 rings (SSSR count). The molecule has 0 atom stereocenters. The molecular weight excluding hydrogens is 260 g/mol. The van der Waals surface area contributed by atoms with Crippen LogP contribution in [-0.4, -0.2) is 15.9 Å². The summed E-state index contributed by atoms with van der Waals surface area (Å²) in [6.07, 6.45) is 0.737. The van der Waals surface area contributed by atoms with Gasteiger partial charge in [0.2, 0.25) is 0 Å². The van der Waals surface area contributed by atoms with E-state index < -0.39 is 0 Å². The summed E-state index contributed by atoms with van der Waals surface area (Å²) in [5.74, 6) is 0.147. The molecule has 2 aromatic rings. The second kappa shape index (κ2) is 5.36. The third kappa shape index (κ3) is 3.08. The molecule has 0 aliphatic heterocycles. The lowest BCUT2D eigenvalue weighted by atomic mass is 10.2. The van der Waals surface area contributed by atoms with E-state index in [9.17, 15) is 4.79 Å². The highest BCUT2D eigenvalue weighted by Gasteiger charge is 2.11. The van der Waals surface area contributed by atoms with E-state index in [-0.39, 0.29) is 5.91 Å². The van der Waals surface area contributed by atoms with Crippen molar-refractivity contribution in [1.82, 2.24) is 9.97 Å². The van der Waals surface area contributed by atoms with E-state index >= 15 is 0 Å². The lowest BCUT2D eigenvalue weighted by Crippen LogP contribution is -2.13. The number of nitrogens with two attached hydrogens (primary N) is 1. The predicted octanol–water partition coefficient (Wildman–Crippen LogP) is 2.55. The van der Waals surface area contributed by atoms with Crippen molar-refractivity contribution in [2.45, 2.75) is 27.2 Å². The number of amides is 1. The van der Waals surface area contributed by atoms with Gasteiger partial charge in [-0.1, -0.05) is 6.92 Å². The van der Waals surface area contributed by atoms with E-state index in [4.69, 9.17) is 5.73 Å². The first-order valence-electron chi connectivity index (χ1n) is 6.01. The molecule has 0 spiro atoms. The van der Waals surface area contributed by atoms with Crippen LogP contribution in [0.25, 0.3) is 0 Å². The van der Waals surface area contributed by atoms with E-state index in [0.717, 1.165) is 22.7 Å². The highest BCUT2D eigenvalue weighted by Crippen LogP contribution is 2.22. The van der Waals surface area contributed by atoms with E-state index in [1.54, 1.807) is 12.1 Å². The van der Waals surface area contributed by atoms with Gasteiger partial charge in [0.05, 0.1) is 5.69 Å². The summed E-state index contributed by atoms with van der Waals surface area (Å²) in [6, 6.07) is 3.32. The number of pyridine rings is 1. The molecule has 0 saturated heterocycles. The highest BCUT2D eigenvalue weighted by atomic mass is 32.1. The minimum atomic E-state index is -0.211. The van der Waals surface area contributed by atoms with Crippen molar-refractivity contribution in [1.29, 1.82) is 0 Å². The lowest BCUT2D eigenvalue weighted by molar-refractivity contribution is 0.102. The molecule has 0 bridgehead atoms. The van der Waals surface area contributed by atoms with Crippen LogP contribution in [0.1, 0.15) is 33.5 Å². The van der Waals surface area contributed by atoms with Crippen molar-refractivity contribution in [3.8, 4) is 0 Å². The van der Waals surface area contributed by atoms with E-state index in [0.29, 0.717) is 16.5 Å². The number of carbonyl (C=O) groups excluding carboxylic acids is 1. The van der Waals surface area contributed by atoms with Crippen molar-refractivity contribution < 1.29 is 4.79 Å². The normalized spacial score (nSPS) is 10.5. The van der Waals surface area contributed by atoms with E-state index in [1.165, 1.54) is 11.3 Å². The second-order valence-corrected chi connectivity index (χ2v) is 5.44. The third-order valence-corrected chi connectivity index (χ3v) is 3.76. The highest BCUT2D eigenvalue weighted by molar-refractivity contribution is 7.15. The van der Waals surface area contributed by atoms with Crippen LogP contribution in [0.15, 0.2) is 12.1 Å². The Morgan fingerprint density at radius 1 is 1.37 bits per heavy atom. The standard InChI is InChI=1S/C13H16N4OS/c1-4-10-5-9(6-11(14)16-10)12(18)17-13-15-7(2)8(3)19-13/h5-6H,4H2,1-3H3,(H2,14,16)(H,15,17,18). The number of aromatic nitrogens is 2. The van der Waals surface area contributed by atoms with E-state index in [2.05, 4.69) is 15.3 Å². The minimum absolute atomic E-state index is 0.211. The topological polar surface area (TPSA) is 80.9 Å². The molecule has 100 valence electrons. The Labute approximate surface area is 115 Å². The smallest absolute Gasteiger partial charge is 0.257 e. The third-order valence-electron chi connectivity index (χ3n) is 2.77. The van der Waals surface area contributed by atoms with Gasteiger partial charge in [-0.2, -0.15) is 0 Å². The maximum atomic E-state index is 12.1. The van der Waals surface area contributed by atoms with Crippen LogP contribution in [-0.2, 0) is 6.42 Å². The van der Waals surface area contributed by atoms with Gasteiger partial charge in [-0.3, -0.25) is 10.1 Å². The lowest BCUT2D eigenvalue weighted by Gasteiger charge is -2.05. The van der Waals surface area contributed by atoms with Gasteiger partial charge in [0, 0.05) is 16.1 Å². The number of carbonyl (C=O) groups is 1.